The van der Waals surface area contributed by atoms with Crippen LogP contribution in [0.15, 0.2) is 47.5 Å². The van der Waals surface area contributed by atoms with Gasteiger partial charge in [0, 0.05) is 43.5 Å². The molecule has 2 saturated heterocycles. The van der Waals surface area contributed by atoms with Crippen molar-refractivity contribution in [2.75, 3.05) is 32.7 Å². The van der Waals surface area contributed by atoms with Gasteiger partial charge >= 0.3 is 0 Å². The number of nitrogens with zero attached hydrogens (tertiary/aromatic N) is 4. The highest BCUT2D eigenvalue weighted by atomic mass is 16.4. The zero-order chi connectivity index (χ0) is 17.2. The van der Waals surface area contributed by atoms with Gasteiger partial charge in [0.15, 0.2) is 0 Å². The summed E-state index contributed by atoms with van der Waals surface area (Å²) in [6.07, 6.45) is 9.92. The molecule has 2 N–H and O–H groups in total. The predicted molar refractivity (Wildman–Crippen MR) is 98.0 cm³/mol. The van der Waals surface area contributed by atoms with E-state index in [-0.39, 0.29) is 5.71 Å². The maximum Gasteiger partial charge on any atom is 0.130 e. The van der Waals surface area contributed by atoms with E-state index in [2.05, 4.69) is 19.9 Å². The molecular weight excluding hydrogens is 314 g/mol. The van der Waals surface area contributed by atoms with E-state index in [0.29, 0.717) is 11.6 Å². The van der Waals surface area contributed by atoms with Crippen molar-refractivity contribution in [2.45, 2.75) is 12.8 Å². The Balaban J connectivity index is 1.49. The van der Waals surface area contributed by atoms with Crippen molar-refractivity contribution >= 4 is 17.0 Å². The Kier molecular flexibility index (Phi) is 4.36. The van der Waals surface area contributed by atoms with E-state index in [1.807, 2.05) is 18.2 Å². The highest BCUT2D eigenvalue weighted by molar-refractivity contribution is 6.53. The van der Waals surface area contributed by atoms with Crippen LogP contribution >= 0.6 is 0 Å². The lowest BCUT2D eigenvalue weighted by molar-refractivity contribution is 0.113. The fourth-order valence-electron chi connectivity index (χ4n) is 3.85. The normalized spacial score (nSPS) is 23.6. The largest absolute Gasteiger partial charge is 0.410 e. The molecule has 0 aromatic carbocycles. The van der Waals surface area contributed by atoms with Crippen molar-refractivity contribution in [1.82, 2.24) is 14.8 Å². The zero-order valence-electron chi connectivity index (χ0n) is 14.2. The average molecular weight is 337 g/mol. The molecule has 6 heteroatoms. The molecule has 6 nitrogen and oxygen atoms in total. The first-order valence-corrected chi connectivity index (χ1v) is 8.87. The number of allylic oxidation sites excluding steroid dienone is 4. The highest BCUT2D eigenvalue weighted by Crippen LogP contribution is 2.29. The molecule has 0 unspecified atom stereocenters. The van der Waals surface area contributed by atoms with E-state index in [4.69, 9.17) is 5.41 Å². The number of pyridine rings is 1. The molecule has 2 fully saturated rings. The summed E-state index contributed by atoms with van der Waals surface area (Å²) in [7, 11) is 0. The summed E-state index contributed by atoms with van der Waals surface area (Å²) in [5, 5.41) is 21.0. The third kappa shape index (κ3) is 3.22. The van der Waals surface area contributed by atoms with Crippen LogP contribution in [0.3, 0.4) is 0 Å². The Morgan fingerprint density at radius 3 is 2.72 bits per heavy atom. The number of likely N-dealkylation sites (tertiary alicyclic amines) is 2. The lowest BCUT2D eigenvalue weighted by Gasteiger charge is -2.44. The monoisotopic (exact) mass is 337 g/mol. The van der Waals surface area contributed by atoms with Crippen molar-refractivity contribution in [2.24, 2.45) is 11.1 Å². The Morgan fingerprint density at radius 2 is 2.04 bits per heavy atom. The van der Waals surface area contributed by atoms with Crippen LogP contribution in [0.1, 0.15) is 18.4 Å². The standard InChI is InChI=1S/C19H23N5O/c20-19-17(22-25)8-16(15-4-3-5-21-10-15)9-18(19)24-12-14(13-24)11-23-6-1-2-7-23/h3-5,8-10,14,20,25H,1-2,6-7,11-13H2/b20-19?,22-17-. The van der Waals surface area contributed by atoms with Crippen LogP contribution in [-0.4, -0.2) is 64.1 Å². The molecule has 0 atom stereocenters. The second-order valence-electron chi connectivity index (χ2n) is 7.01. The van der Waals surface area contributed by atoms with Crippen molar-refractivity contribution in [3.63, 3.8) is 0 Å². The van der Waals surface area contributed by atoms with Crippen LogP contribution in [0.2, 0.25) is 0 Å². The van der Waals surface area contributed by atoms with Gasteiger partial charge in [0.25, 0.3) is 0 Å². The van der Waals surface area contributed by atoms with Gasteiger partial charge in [-0.1, -0.05) is 11.2 Å². The van der Waals surface area contributed by atoms with Crippen LogP contribution in [-0.2, 0) is 0 Å². The topological polar surface area (TPSA) is 75.8 Å². The van der Waals surface area contributed by atoms with Gasteiger partial charge in [-0.25, -0.2) is 0 Å². The molecular formula is C19H23N5O. The van der Waals surface area contributed by atoms with E-state index in [1.165, 1.54) is 25.9 Å². The predicted octanol–water partition coefficient (Wildman–Crippen LogP) is 2.24. The average Bonchev–Trinajstić information content (AvgIpc) is 3.12. The molecule has 4 rings (SSSR count). The van der Waals surface area contributed by atoms with Gasteiger partial charge in [-0.05, 0) is 49.7 Å². The zero-order valence-corrected chi connectivity index (χ0v) is 14.2. The molecule has 3 aliphatic rings. The maximum absolute atomic E-state index is 9.29. The quantitative estimate of drug-likeness (QED) is 0.502. The molecule has 130 valence electrons. The molecule has 0 saturated carbocycles. The molecule has 2 aliphatic heterocycles. The van der Waals surface area contributed by atoms with E-state index in [0.717, 1.165) is 36.5 Å². The summed E-state index contributed by atoms with van der Waals surface area (Å²) in [6.45, 7) is 5.53. The molecule has 1 aliphatic carbocycles. The maximum atomic E-state index is 9.29. The molecule has 3 heterocycles. The number of aromatic nitrogens is 1. The molecule has 25 heavy (non-hydrogen) atoms. The molecule has 0 radical (unpaired) electrons. The second kappa shape index (κ2) is 6.80. The van der Waals surface area contributed by atoms with E-state index in [1.54, 1.807) is 18.5 Å². The summed E-state index contributed by atoms with van der Waals surface area (Å²) in [4.78, 5) is 8.92. The van der Waals surface area contributed by atoms with Crippen molar-refractivity contribution in [3.05, 3.63) is 47.9 Å². The summed E-state index contributed by atoms with van der Waals surface area (Å²) >= 11 is 0. The minimum Gasteiger partial charge on any atom is -0.410 e. The second-order valence-corrected chi connectivity index (χ2v) is 7.01. The van der Waals surface area contributed by atoms with E-state index < -0.39 is 0 Å². The minimum absolute atomic E-state index is 0.287. The Morgan fingerprint density at radius 1 is 1.24 bits per heavy atom. The number of nitrogens with one attached hydrogen (secondary N) is 1. The minimum atomic E-state index is 0.287. The van der Waals surface area contributed by atoms with Gasteiger partial charge in [0.2, 0.25) is 0 Å². The summed E-state index contributed by atoms with van der Waals surface area (Å²) in [6, 6.07) is 3.86. The fourth-order valence-corrected chi connectivity index (χ4v) is 3.85. The van der Waals surface area contributed by atoms with Crippen molar-refractivity contribution < 1.29 is 5.21 Å². The van der Waals surface area contributed by atoms with Crippen LogP contribution in [0.5, 0.6) is 0 Å². The first-order valence-electron chi connectivity index (χ1n) is 8.87. The summed E-state index contributed by atoms with van der Waals surface area (Å²) < 4.78 is 0. The van der Waals surface area contributed by atoms with Gasteiger partial charge in [-0.2, -0.15) is 0 Å². The van der Waals surface area contributed by atoms with E-state index >= 15 is 0 Å². The van der Waals surface area contributed by atoms with Crippen LogP contribution < -0.4 is 0 Å². The van der Waals surface area contributed by atoms with Gasteiger partial charge in [0.1, 0.15) is 11.4 Å². The molecule has 0 spiro atoms. The first kappa shape index (κ1) is 16.0. The first-order chi connectivity index (χ1) is 12.2. The Labute approximate surface area is 147 Å². The number of rotatable bonds is 4. The number of hydrogen-bond donors (Lipinski definition) is 2. The van der Waals surface area contributed by atoms with Crippen molar-refractivity contribution in [3.8, 4) is 0 Å². The third-order valence-electron chi connectivity index (χ3n) is 5.21. The van der Waals surface area contributed by atoms with E-state index in [9.17, 15) is 5.21 Å². The SMILES string of the molecule is N=C1C(N2CC(CN3CCCC3)C2)=CC(c2cccnc2)=C/C1=N/O. The number of hydrogen-bond acceptors (Lipinski definition) is 6. The molecule has 1 aromatic heterocycles. The molecule has 1 aromatic rings. The number of oxime groups is 1. The highest BCUT2D eigenvalue weighted by Gasteiger charge is 2.34. The smallest absolute Gasteiger partial charge is 0.130 e. The molecule has 0 amide bonds. The summed E-state index contributed by atoms with van der Waals surface area (Å²) in [5.74, 6) is 0.661. The fraction of sp³-hybridized carbons (Fsp3) is 0.421. The van der Waals surface area contributed by atoms with Crippen LogP contribution in [0.4, 0.5) is 0 Å². The van der Waals surface area contributed by atoms with Gasteiger partial charge < -0.3 is 15.0 Å². The molecule has 0 bridgehead atoms. The van der Waals surface area contributed by atoms with Crippen LogP contribution in [0.25, 0.3) is 5.57 Å². The van der Waals surface area contributed by atoms with Gasteiger partial charge in [0.05, 0.1) is 5.70 Å². The Bertz CT molecular complexity index is 740. The Hall–Kier alpha value is -2.47. The van der Waals surface area contributed by atoms with Crippen LogP contribution in [0, 0.1) is 11.3 Å². The lowest BCUT2D eigenvalue weighted by atomic mass is 9.91. The summed E-state index contributed by atoms with van der Waals surface area (Å²) in [5.41, 5.74) is 3.32. The van der Waals surface area contributed by atoms with Gasteiger partial charge in [-0.15, -0.1) is 0 Å². The lowest BCUT2D eigenvalue weighted by Crippen LogP contribution is -2.52. The third-order valence-corrected chi connectivity index (χ3v) is 5.21. The van der Waals surface area contributed by atoms with Gasteiger partial charge in [-0.3, -0.25) is 10.4 Å². The van der Waals surface area contributed by atoms with Crippen molar-refractivity contribution in [1.29, 1.82) is 5.41 Å².